The molecule has 3 rings (SSSR count). The van der Waals surface area contributed by atoms with Crippen LogP contribution in [0, 0.1) is 0 Å². The van der Waals surface area contributed by atoms with Crippen LogP contribution in [0.1, 0.15) is 48.2 Å². The first-order valence-electron chi connectivity index (χ1n) is 10.7. The fraction of sp³-hybridized carbons (Fsp3) is 0.375. The van der Waals surface area contributed by atoms with Crippen molar-refractivity contribution in [3.63, 3.8) is 0 Å². The molecule has 0 unspecified atom stereocenters. The van der Waals surface area contributed by atoms with Gasteiger partial charge < -0.3 is 24.5 Å². The van der Waals surface area contributed by atoms with Crippen LogP contribution < -0.4 is 10.1 Å². The molecule has 1 aliphatic carbocycles. The summed E-state index contributed by atoms with van der Waals surface area (Å²) >= 11 is 0. The Morgan fingerprint density at radius 3 is 2.62 bits per heavy atom. The van der Waals surface area contributed by atoms with Gasteiger partial charge in [-0.3, -0.25) is 14.4 Å². The molecule has 0 radical (unpaired) electrons. The Morgan fingerprint density at radius 1 is 1.19 bits per heavy atom. The quantitative estimate of drug-likeness (QED) is 0.458. The van der Waals surface area contributed by atoms with Gasteiger partial charge in [-0.1, -0.05) is 19.3 Å². The topological polar surface area (TPSA) is 109 Å². The predicted molar refractivity (Wildman–Crippen MR) is 117 cm³/mol. The number of furan rings is 1. The Bertz CT molecular complexity index is 961. The average molecular weight is 440 g/mol. The first-order chi connectivity index (χ1) is 15.5. The minimum atomic E-state index is -0.539. The number of phenols is 1. The zero-order valence-corrected chi connectivity index (χ0v) is 18.1. The summed E-state index contributed by atoms with van der Waals surface area (Å²) in [6, 6.07) is 7.83. The van der Waals surface area contributed by atoms with Crippen LogP contribution in [0.15, 0.2) is 53.2 Å². The van der Waals surface area contributed by atoms with Crippen molar-refractivity contribution < 1.29 is 28.6 Å². The minimum absolute atomic E-state index is 0.0440. The highest BCUT2D eigenvalue weighted by Crippen LogP contribution is 2.24. The summed E-state index contributed by atoms with van der Waals surface area (Å²) in [5.74, 6) is -0.608. The van der Waals surface area contributed by atoms with Gasteiger partial charge in [-0.2, -0.15) is 0 Å². The summed E-state index contributed by atoms with van der Waals surface area (Å²) in [7, 11) is 1.45. The zero-order valence-electron chi connectivity index (χ0n) is 18.1. The predicted octanol–water partition coefficient (Wildman–Crippen LogP) is 3.21. The summed E-state index contributed by atoms with van der Waals surface area (Å²) in [5.41, 5.74) is 0.0440. The molecule has 1 heterocycles. The molecular formula is C24H28N2O6. The first kappa shape index (κ1) is 23.1. The Morgan fingerprint density at radius 2 is 1.97 bits per heavy atom. The third kappa shape index (κ3) is 6.47. The number of methoxy groups -OCH3 is 1. The number of nitrogens with zero attached hydrogens (tertiary/aromatic N) is 1. The van der Waals surface area contributed by atoms with E-state index in [1.54, 1.807) is 18.2 Å². The molecule has 0 spiro atoms. The van der Waals surface area contributed by atoms with Crippen molar-refractivity contribution in [1.29, 1.82) is 0 Å². The van der Waals surface area contributed by atoms with Crippen LogP contribution in [-0.2, 0) is 16.1 Å². The standard InChI is InChI=1S/C24H28N2O6/c1-31-18-9-10-20(22(28)14-18)21(27)11-12-24(30)26(15-19-8-5-13-32-19)16-23(29)25-17-6-3-2-4-7-17/h5,8-14,17,28H,2-4,6-7,15-16H2,1H3,(H,25,29)/b12-11+. The molecule has 1 aromatic carbocycles. The van der Waals surface area contributed by atoms with Crippen molar-refractivity contribution in [2.45, 2.75) is 44.7 Å². The number of ether oxygens (including phenoxy) is 1. The molecule has 32 heavy (non-hydrogen) atoms. The summed E-state index contributed by atoms with van der Waals surface area (Å²) in [6.45, 7) is -0.0570. The molecule has 8 nitrogen and oxygen atoms in total. The van der Waals surface area contributed by atoms with E-state index in [0.717, 1.165) is 37.8 Å². The maximum Gasteiger partial charge on any atom is 0.247 e. The van der Waals surface area contributed by atoms with Crippen molar-refractivity contribution in [1.82, 2.24) is 10.2 Å². The van der Waals surface area contributed by atoms with E-state index >= 15 is 0 Å². The number of carbonyl (C=O) groups is 3. The summed E-state index contributed by atoms with van der Waals surface area (Å²) in [4.78, 5) is 39.1. The molecule has 0 aliphatic heterocycles. The van der Waals surface area contributed by atoms with Crippen LogP contribution in [0.5, 0.6) is 11.5 Å². The van der Waals surface area contributed by atoms with Gasteiger partial charge in [-0.15, -0.1) is 0 Å². The molecule has 170 valence electrons. The second kappa shape index (κ2) is 11.2. The third-order valence-electron chi connectivity index (χ3n) is 5.39. The van der Waals surface area contributed by atoms with Gasteiger partial charge in [0.2, 0.25) is 11.8 Å². The van der Waals surface area contributed by atoms with Gasteiger partial charge in [0.1, 0.15) is 23.8 Å². The van der Waals surface area contributed by atoms with Gasteiger partial charge in [0.25, 0.3) is 0 Å². The van der Waals surface area contributed by atoms with Crippen molar-refractivity contribution in [2.24, 2.45) is 0 Å². The van der Waals surface area contributed by atoms with Crippen LogP contribution in [0.3, 0.4) is 0 Å². The van der Waals surface area contributed by atoms with Crippen LogP contribution in [0.4, 0.5) is 0 Å². The van der Waals surface area contributed by atoms with Crippen LogP contribution in [0.25, 0.3) is 0 Å². The number of benzene rings is 1. The number of rotatable bonds is 9. The Balaban J connectivity index is 1.67. The van der Waals surface area contributed by atoms with Crippen LogP contribution >= 0.6 is 0 Å². The van der Waals surface area contributed by atoms with E-state index in [0.29, 0.717) is 11.5 Å². The summed E-state index contributed by atoms with van der Waals surface area (Å²) < 4.78 is 10.3. The number of aromatic hydroxyl groups is 1. The fourth-order valence-electron chi connectivity index (χ4n) is 3.68. The van der Waals surface area contributed by atoms with Gasteiger partial charge in [0.15, 0.2) is 5.78 Å². The second-order valence-corrected chi connectivity index (χ2v) is 7.76. The van der Waals surface area contributed by atoms with E-state index in [2.05, 4.69) is 5.32 Å². The van der Waals surface area contributed by atoms with Crippen molar-refractivity contribution in [3.8, 4) is 11.5 Å². The number of nitrogens with one attached hydrogen (secondary N) is 1. The highest BCUT2D eigenvalue weighted by molar-refractivity contribution is 6.09. The van der Waals surface area contributed by atoms with Gasteiger partial charge in [0.05, 0.1) is 25.5 Å². The Hall–Kier alpha value is -3.55. The molecule has 0 bridgehead atoms. The highest BCUT2D eigenvalue weighted by Gasteiger charge is 2.21. The zero-order chi connectivity index (χ0) is 22.9. The van der Waals surface area contributed by atoms with E-state index in [-0.39, 0.29) is 36.4 Å². The number of amides is 2. The Labute approximate surface area is 186 Å². The smallest absolute Gasteiger partial charge is 0.247 e. The van der Waals surface area contributed by atoms with E-state index < -0.39 is 11.7 Å². The van der Waals surface area contributed by atoms with Crippen molar-refractivity contribution in [3.05, 3.63) is 60.1 Å². The lowest BCUT2D eigenvalue weighted by molar-refractivity contribution is -0.133. The van der Waals surface area contributed by atoms with E-state index in [1.807, 2.05) is 0 Å². The highest BCUT2D eigenvalue weighted by atomic mass is 16.5. The first-order valence-corrected chi connectivity index (χ1v) is 10.7. The maximum absolute atomic E-state index is 12.8. The lowest BCUT2D eigenvalue weighted by atomic mass is 9.95. The maximum atomic E-state index is 12.8. The van der Waals surface area contributed by atoms with Crippen LogP contribution in [-0.4, -0.2) is 47.3 Å². The van der Waals surface area contributed by atoms with E-state index in [1.165, 1.54) is 36.8 Å². The third-order valence-corrected chi connectivity index (χ3v) is 5.39. The molecular weight excluding hydrogens is 412 g/mol. The fourth-order valence-corrected chi connectivity index (χ4v) is 3.68. The molecule has 2 N–H and O–H groups in total. The van der Waals surface area contributed by atoms with Crippen LogP contribution in [0.2, 0.25) is 0 Å². The number of ketones is 1. The molecule has 1 aliphatic rings. The van der Waals surface area contributed by atoms with Gasteiger partial charge in [-0.05, 0) is 43.2 Å². The Kier molecular flexibility index (Phi) is 8.08. The molecule has 0 atom stereocenters. The minimum Gasteiger partial charge on any atom is -0.507 e. The van der Waals surface area contributed by atoms with Gasteiger partial charge in [0, 0.05) is 18.2 Å². The molecule has 1 fully saturated rings. The molecule has 0 saturated heterocycles. The molecule has 8 heteroatoms. The molecule has 2 amide bonds. The van der Waals surface area contributed by atoms with Gasteiger partial charge in [-0.25, -0.2) is 0 Å². The van der Waals surface area contributed by atoms with E-state index in [4.69, 9.17) is 9.15 Å². The second-order valence-electron chi connectivity index (χ2n) is 7.76. The van der Waals surface area contributed by atoms with Crippen molar-refractivity contribution in [2.75, 3.05) is 13.7 Å². The van der Waals surface area contributed by atoms with E-state index in [9.17, 15) is 19.5 Å². The lowest BCUT2D eigenvalue weighted by Gasteiger charge is -2.25. The number of allylic oxidation sites excluding steroid dienone is 1. The molecule has 1 aromatic heterocycles. The van der Waals surface area contributed by atoms with Crippen molar-refractivity contribution >= 4 is 17.6 Å². The molecule has 1 saturated carbocycles. The summed E-state index contributed by atoms with van der Waals surface area (Å²) in [6.07, 6.45) is 8.91. The number of phenolic OH excluding ortho intramolecular Hbond substituents is 1. The molecule has 2 aromatic rings. The monoisotopic (exact) mass is 440 g/mol. The number of hydrogen-bond acceptors (Lipinski definition) is 6. The number of carbonyl (C=O) groups excluding carboxylic acids is 3. The average Bonchev–Trinajstić information content (AvgIpc) is 3.30. The summed E-state index contributed by atoms with van der Waals surface area (Å²) in [5, 5.41) is 13.0. The number of hydrogen-bond donors (Lipinski definition) is 2. The SMILES string of the molecule is COc1ccc(C(=O)/C=C/C(=O)N(CC(=O)NC2CCCCC2)Cc2ccco2)c(O)c1. The lowest BCUT2D eigenvalue weighted by Crippen LogP contribution is -2.44. The van der Waals surface area contributed by atoms with Gasteiger partial charge >= 0.3 is 0 Å². The normalized spacial score (nSPS) is 14.3. The largest absolute Gasteiger partial charge is 0.507 e.